The quantitative estimate of drug-likeness (QED) is 0.749. The fraction of sp³-hybridized carbons (Fsp3) is 0.300. The molecule has 0 heterocycles. The summed E-state index contributed by atoms with van der Waals surface area (Å²) >= 11 is 0. The lowest BCUT2D eigenvalue weighted by Crippen LogP contribution is -2.08. The van der Waals surface area contributed by atoms with Gasteiger partial charge in [-0.05, 0) is 18.6 Å². The minimum atomic E-state index is -0.211. The van der Waals surface area contributed by atoms with E-state index in [9.17, 15) is 9.18 Å². The molecule has 0 aliphatic heterocycles. The van der Waals surface area contributed by atoms with Gasteiger partial charge in [0.25, 0.3) is 0 Å². The molecule has 0 fully saturated rings. The van der Waals surface area contributed by atoms with Crippen LogP contribution < -0.4 is 5.73 Å². The summed E-state index contributed by atoms with van der Waals surface area (Å²) in [5.41, 5.74) is 4.76. The Labute approximate surface area is 77.6 Å². The van der Waals surface area contributed by atoms with E-state index in [1.807, 2.05) is 6.92 Å². The molecule has 0 aromatic heterocycles. The summed E-state index contributed by atoms with van der Waals surface area (Å²) in [6.07, 6.45) is 1.37. The molecule has 1 amide bonds. The van der Waals surface area contributed by atoms with Gasteiger partial charge in [-0.25, -0.2) is 4.39 Å². The lowest BCUT2D eigenvalue weighted by Gasteiger charge is -1.81. The van der Waals surface area contributed by atoms with E-state index in [0.29, 0.717) is 6.42 Å². The lowest BCUT2D eigenvalue weighted by atomic mass is 10.3. The van der Waals surface area contributed by atoms with E-state index in [1.165, 1.54) is 12.1 Å². The van der Waals surface area contributed by atoms with E-state index in [4.69, 9.17) is 5.73 Å². The molecule has 1 aromatic rings. The molecule has 72 valence electrons. The number of nitrogens with two attached hydrogens (primary N) is 1. The summed E-state index contributed by atoms with van der Waals surface area (Å²) in [6, 6.07) is 7.94. The summed E-state index contributed by atoms with van der Waals surface area (Å²) in [5, 5.41) is 0. The molecule has 0 spiro atoms. The molecule has 0 bridgehead atoms. The SMILES string of the molecule is CCCC(N)=O.Fc1ccccc1. The highest BCUT2D eigenvalue weighted by atomic mass is 19.1. The van der Waals surface area contributed by atoms with E-state index in [2.05, 4.69) is 0 Å². The number of rotatable bonds is 2. The zero-order chi connectivity index (χ0) is 10.1. The molecule has 0 unspecified atom stereocenters. The Bertz CT molecular complexity index is 236. The molecule has 13 heavy (non-hydrogen) atoms. The van der Waals surface area contributed by atoms with E-state index in [1.54, 1.807) is 18.2 Å². The number of benzene rings is 1. The third kappa shape index (κ3) is 8.53. The average Bonchev–Trinajstić information content (AvgIpc) is 2.06. The minimum absolute atomic E-state index is 0.178. The van der Waals surface area contributed by atoms with Gasteiger partial charge in [-0.2, -0.15) is 0 Å². The third-order valence-electron chi connectivity index (χ3n) is 1.23. The average molecular weight is 183 g/mol. The van der Waals surface area contributed by atoms with Crippen LogP contribution in [0.2, 0.25) is 0 Å². The summed E-state index contributed by atoms with van der Waals surface area (Å²) in [6.45, 7) is 1.92. The highest BCUT2D eigenvalue weighted by Gasteiger charge is 1.84. The maximum Gasteiger partial charge on any atom is 0.217 e. The second-order valence-corrected chi connectivity index (χ2v) is 2.51. The van der Waals surface area contributed by atoms with E-state index < -0.39 is 0 Å². The molecule has 1 rings (SSSR count). The van der Waals surface area contributed by atoms with Crippen molar-refractivity contribution in [1.29, 1.82) is 0 Å². The molecule has 2 N–H and O–H groups in total. The summed E-state index contributed by atoms with van der Waals surface area (Å²) in [4.78, 5) is 9.82. The van der Waals surface area contributed by atoms with Crippen molar-refractivity contribution in [3.8, 4) is 0 Å². The molecular formula is C10H14FNO. The van der Waals surface area contributed by atoms with Crippen molar-refractivity contribution in [2.75, 3.05) is 0 Å². The van der Waals surface area contributed by atoms with Crippen molar-refractivity contribution >= 4 is 5.91 Å². The number of primary amides is 1. The van der Waals surface area contributed by atoms with Crippen molar-refractivity contribution < 1.29 is 9.18 Å². The first-order valence-electron chi connectivity index (χ1n) is 4.15. The zero-order valence-electron chi connectivity index (χ0n) is 7.66. The van der Waals surface area contributed by atoms with Crippen LogP contribution in [0.5, 0.6) is 0 Å². The van der Waals surface area contributed by atoms with Gasteiger partial charge in [0.05, 0.1) is 0 Å². The van der Waals surface area contributed by atoms with E-state index in [-0.39, 0.29) is 11.7 Å². The van der Waals surface area contributed by atoms with Gasteiger partial charge in [0, 0.05) is 6.42 Å². The Morgan fingerprint density at radius 2 is 1.92 bits per heavy atom. The Morgan fingerprint density at radius 1 is 1.38 bits per heavy atom. The Morgan fingerprint density at radius 3 is 2.08 bits per heavy atom. The number of carbonyl (C=O) groups is 1. The third-order valence-corrected chi connectivity index (χ3v) is 1.23. The van der Waals surface area contributed by atoms with Gasteiger partial charge in [0.1, 0.15) is 5.82 Å². The second kappa shape index (κ2) is 7.28. The van der Waals surface area contributed by atoms with Gasteiger partial charge < -0.3 is 5.73 Å². The Balaban J connectivity index is 0.000000226. The summed E-state index contributed by atoms with van der Waals surface area (Å²) in [5.74, 6) is -0.389. The molecule has 3 heteroatoms. The molecule has 0 saturated heterocycles. The smallest absolute Gasteiger partial charge is 0.217 e. The maximum atomic E-state index is 11.9. The largest absolute Gasteiger partial charge is 0.370 e. The van der Waals surface area contributed by atoms with Gasteiger partial charge in [-0.15, -0.1) is 0 Å². The number of amides is 1. The van der Waals surface area contributed by atoms with Gasteiger partial charge in [-0.1, -0.05) is 25.1 Å². The van der Waals surface area contributed by atoms with Crippen LogP contribution in [0, 0.1) is 5.82 Å². The molecule has 0 aliphatic carbocycles. The summed E-state index contributed by atoms with van der Waals surface area (Å²) < 4.78 is 11.9. The lowest BCUT2D eigenvalue weighted by molar-refractivity contribution is -0.118. The predicted octanol–water partition coefficient (Wildman–Crippen LogP) is 2.10. The minimum Gasteiger partial charge on any atom is -0.370 e. The van der Waals surface area contributed by atoms with Crippen LogP contribution >= 0.6 is 0 Å². The van der Waals surface area contributed by atoms with Crippen LogP contribution in [0.1, 0.15) is 19.8 Å². The molecular weight excluding hydrogens is 169 g/mol. The highest BCUT2D eigenvalue weighted by Crippen LogP contribution is 1.91. The molecule has 0 atom stereocenters. The first-order valence-corrected chi connectivity index (χ1v) is 4.15. The van der Waals surface area contributed by atoms with Crippen molar-refractivity contribution in [2.24, 2.45) is 5.73 Å². The normalized spacial score (nSPS) is 8.46. The zero-order valence-corrected chi connectivity index (χ0v) is 7.66. The van der Waals surface area contributed by atoms with Crippen molar-refractivity contribution in [2.45, 2.75) is 19.8 Å². The Kier molecular flexibility index (Phi) is 6.51. The van der Waals surface area contributed by atoms with Crippen LogP contribution in [-0.2, 0) is 4.79 Å². The van der Waals surface area contributed by atoms with Crippen LogP contribution in [-0.4, -0.2) is 5.91 Å². The molecule has 0 aliphatic rings. The second-order valence-electron chi connectivity index (χ2n) is 2.51. The number of halogens is 1. The van der Waals surface area contributed by atoms with Gasteiger partial charge in [0.2, 0.25) is 5.91 Å². The van der Waals surface area contributed by atoms with Crippen molar-refractivity contribution in [1.82, 2.24) is 0 Å². The standard InChI is InChI=1S/C6H5F.C4H9NO/c7-6-4-2-1-3-5-6;1-2-3-4(5)6/h1-5H;2-3H2,1H3,(H2,5,6). The molecule has 0 radical (unpaired) electrons. The summed E-state index contributed by atoms with van der Waals surface area (Å²) in [7, 11) is 0. The van der Waals surface area contributed by atoms with Crippen molar-refractivity contribution in [3.63, 3.8) is 0 Å². The molecule has 2 nitrogen and oxygen atoms in total. The first-order chi connectivity index (χ1) is 6.16. The van der Waals surface area contributed by atoms with Crippen LogP contribution in [0.3, 0.4) is 0 Å². The Hall–Kier alpha value is -1.38. The first kappa shape index (κ1) is 11.6. The topological polar surface area (TPSA) is 43.1 Å². The van der Waals surface area contributed by atoms with Gasteiger partial charge >= 0.3 is 0 Å². The van der Waals surface area contributed by atoms with Crippen molar-refractivity contribution in [3.05, 3.63) is 36.1 Å². The fourth-order valence-electron chi connectivity index (χ4n) is 0.661. The van der Waals surface area contributed by atoms with Crippen LogP contribution in [0.25, 0.3) is 0 Å². The van der Waals surface area contributed by atoms with Gasteiger partial charge in [-0.3, -0.25) is 4.79 Å². The van der Waals surface area contributed by atoms with E-state index >= 15 is 0 Å². The maximum absolute atomic E-state index is 11.9. The molecule has 1 aromatic carbocycles. The monoisotopic (exact) mass is 183 g/mol. The number of hydrogen-bond donors (Lipinski definition) is 1. The van der Waals surface area contributed by atoms with Crippen LogP contribution in [0.4, 0.5) is 4.39 Å². The van der Waals surface area contributed by atoms with Crippen LogP contribution in [0.15, 0.2) is 30.3 Å². The van der Waals surface area contributed by atoms with Gasteiger partial charge in [0.15, 0.2) is 0 Å². The highest BCUT2D eigenvalue weighted by molar-refractivity contribution is 5.73. The predicted molar refractivity (Wildman–Crippen MR) is 50.5 cm³/mol. The van der Waals surface area contributed by atoms with E-state index in [0.717, 1.165) is 6.42 Å². The number of hydrogen-bond acceptors (Lipinski definition) is 1. The molecule has 0 saturated carbocycles. The fourth-order valence-corrected chi connectivity index (χ4v) is 0.661. The number of carbonyl (C=O) groups excluding carboxylic acids is 1.